The number of aromatic nitrogens is 2. The summed E-state index contributed by atoms with van der Waals surface area (Å²) >= 11 is 0. The third-order valence-corrected chi connectivity index (χ3v) is 3.93. The highest BCUT2D eigenvalue weighted by molar-refractivity contribution is 5.04. The molecule has 2 unspecified atom stereocenters. The van der Waals surface area contributed by atoms with Gasteiger partial charge in [-0.25, -0.2) is 0 Å². The lowest BCUT2D eigenvalue weighted by Gasteiger charge is -2.27. The Morgan fingerprint density at radius 1 is 1.37 bits per heavy atom. The van der Waals surface area contributed by atoms with Crippen molar-refractivity contribution in [2.24, 2.45) is 5.92 Å². The van der Waals surface area contributed by atoms with Crippen molar-refractivity contribution < 1.29 is 5.11 Å². The van der Waals surface area contributed by atoms with Crippen LogP contribution >= 0.6 is 0 Å². The number of hydrogen-bond acceptors (Lipinski definition) is 3. The molecule has 108 valence electrons. The summed E-state index contributed by atoms with van der Waals surface area (Å²) in [5.41, 5.74) is 1.25. The molecule has 2 atom stereocenters. The van der Waals surface area contributed by atoms with Crippen LogP contribution in [0.3, 0.4) is 0 Å². The van der Waals surface area contributed by atoms with E-state index in [-0.39, 0.29) is 11.6 Å². The van der Waals surface area contributed by atoms with E-state index in [4.69, 9.17) is 0 Å². The van der Waals surface area contributed by atoms with Crippen LogP contribution in [0.2, 0.25) is 0 Å². The minimum atomic E-state index is -0.112. The molecule has 0 bridgehead atoms. The van der Waals surface area contributed by atoms with Crippen LogP contribution in [-0.2, 0) is 12.1 Å². The molecule has 2 rings (SSSR count). The first-order valence-corrected chi connectivity index (χ1v) is 7.39. The minimum absolute atomic E-state index is 0.0395. The summed E-state index contributed by atoms with van der Waals surface area (Å²) in [5, 5.41) is 17.8. The van der Waals surface area contributed by atoms with Gasteiger partial charge in [-0.1, -0.05) is 12.8 Å². The highest BCUT2D eigenvalue weighted by atomic mass is 16.3. The van der Waals surface area contributed by atoms with Gasteiger partial charge in [0.25, 0.3) is 0 Å². The van der Waals surface area contributed by atoms with Gasteiger partial charge in [-0.15, -0.1) is 0 Å². The van der Waals surface area contributed by atoms with Crippen molar-refractivity contribution in [3.8, 4) is 0 Å². The smallest absolute Gasteiger partial charge is 0.0580 e. The molecular formula is C15H27N3O. The Morgan fingerprint density at radius 2 is 2.11 bits per heavy atom. The second kappa shape index (κ2) is 6.06. The average molecular weight is 265 g/mol. The average Bonchev–Trinajstić information content (AvgIpc) is 2.80. The summed E-state index contributed by atoms with van der Waals surface area (Å²) in [6.45, 7) is 8.18. The fourth-order valence-electron chi connectivity index (χ4n) is 2.65. The van der Waals surface area contributed by atoms with Crippen molar-refractivity contribution in [2.75, 3.05) is 6.54 Å². The number of nitrogens with zero attached hydrogens (tertiary/aromatic N) is 2. The predicted molar refractivity (Wildman–Crippen MR) is 76.9 cm³/mol. The molecule has 1 aromatic heterocycles. The zero-order chi connectivity index (χ0) is 13.9. The SMILES string of the molecule is CC(C)(C)n1cc(CNCC2CCCCC2O)cn1. The summed E-state index contributed by atoms with van der Waals surface area (Å²) in [6, 6.07) is 0. The molecule has 1 fully saturated rings. The molecule has 0 aromatic carbocycles. The highest BCUT2D eigenvalue weighted by Crippen LogP contribution is 2.23. The molecule has 1 aliphatic carbocycles. The maximum atomic E-state index is 9.92. The molecule has 4 heteroatoms. The van der Waals surface area contributed by atoms with E-state index in [0.717, 1.165) is 25.9 Å². The van der Waals surface area contributed by atoms with E-state index in [0.29, 0.717) is 5.92 Å². The Kier molecular flexibility index (Phi) is 4.63. The van der Waals surface area contributed by atoms with E-state index >= 15 is 0 Å². The van der Waals surface area contributed by atoms with Gasteiger partial charge in [0.1, 0.15) is 0 Å². The number of aliphatic hydroxyl groups excluding tert-OH is 1. The Labute approximate surface area is 116 Å². The van der Waals surface area contributed by atoms with Gasteiger partial charge >= 0.3 is 0 Å². The van der Waals surface area contributed by atoms with E-state index in [9.17, 15) is 5.11 Å². The molecule has 19 heavy (non-hydrogen) atoms. The molecule has 1 aliphatic rings. The van der Waals surface area contributed by atoms with Crippen molar-refractivity contribution in [3.05, 3.63) is 18.0 Å². The molecule has 4 nitrogen and oxygen atoms in total. The topological polar surface area (TPSA) is 50.1 Å². The van der Waals surface area contributed by atoms with Crippen molar-refractivity contribution in [2.45, 2.75) is 64.6 Å². The van der Waals surface area contributed by atoms with Gasteiger partial charge in [0.2, 0.25) is 0 Å². The molecule has 0 radical (unpaired) electrons. The van der Waals surface area contributed by atoms with Crippen LogP contribution < -0.4 is 5.32 Å². The van der Waals surface area contributed by atoms with Gasteiger partial charge in [0.15, 0.2) is 0 Å². The van der Waals surface area contributed by atoms with Crippen molar-refractivity contribution >= 4 is 0 Å². The molecular weight excluding hydrogens is 238 g/mol. The molecule has 0 saturated heterocycles. The molecule has 0 spiro atoms. The van der Waals surface area contributed by atoms with E-state index < -0.39 is 0 Å². The molecule has 1 saturated carbocycles. The van der Waals surface area contributed by atoms with Crippen LogP contribution in [-0.4, -0.2) is 27.5 Å². The number of aliphatic hydroxyl groups is 1. The summed E-state index contributed by atoms with van der Waals surface area (Å²) in [6.07, 6.45) is 8.46. The van der Waals surface area contributed by atoms with Crippen LogP contribution in [0.4, 0.5) is 0 Å². The van der Waals surface area contributed by atoms with E-state index in [2.05, 4.69) is 37.4 Å². The number of rotatable bonds is 4. The molecule has 0 aliphatic heterocycles. The largest absolute Gasteiger partial charge is 0.393 e. The lowest BCUT2D eigenvalue weighted by atomic mass is 9.86. The van der Waals surface area contributed by atoms with Gasteiger partial charge in [-0.3, -0.25) is 4.68 Å². The standard InChI is InChI=1S/C15H27N3O/c1-15(2,3)18-11-12(9-17-18)8-16-10-13-6-4-5-7-14(13)19/h9,11,13-14,16,19H,4-8,10H2,1-3H3. The Morgan fingerprint density at radius 3 is 2.74 bits per heavy atom. The fourth-order valence-corrected chi connectivity index (χ4v) is 2.65. The Bertz CT molecular complexity index is 394. The van der Waals surface area contributed by atoms with Crippen LogP contribution in [0.5, 0.6) is 0 Å². The lowest BCUT2D eigenvalue weighted by Crippen LogP contribution is -2.33. The number of nitrogens with one attached hydrogen (secondary N) is 1. The van der Waals surface area contributed by atoms with Crippen molar-refractivity contribution in [1.29, 1.82) is 0 Å². The summed E-state index contributed by atoms with van der Waals surface area (Å²) in [4.78, 5) is 0. The maximum absolute atomic E-state index is 9.92. The zero-order valence-corrected chi connectivity index (χ0v) is 12.4. The van der Waals surface area contributed by atoms with Crippen LogP contribution in [0.1, 0.15) is 52.0 Å². The Balaban J connectivity index is 1.78. The van der Waals surface area contributed by atoms with Crippen LogP contribution in [0.25, 0.3) is 0 Å². The predicted octanol–water partition coefficient (Wildman–Crippen LogP) is 2.28. The summed E-state index contributed by atoms with van der Waals surface area (Å²) in [5.74, 6) is 0.423. The fraction of sp³-hybridized carbons (Fsp3) is 0.800. The van der Waals surface area contributed by atoms with Crippen molar-refractivity contribution in [3.63, 3.8) is 0 Å². The first-order chi connectivity index (χ1) is 8.97. The first kappa shape index (κ1) is 14.5. The zero-order valence-electron chi connectivity index (χ0n) is 12.4. The number of hydrogen-bond donors (Lipinski definition) is 2. The second-order valence-corrected chi connectivity index (χ2v) is 6.71. The van der Waals surface area contributed by atoms with E-state index in [1.165, 1.54) is 18.4 Å². The van der Waals surface area contributed by atoms with Gasteiger partial charge in [-0.05, 0) is 39.5 Å². The quantitative estimate of drug-likeness (QED) is 0.878. The summed E-state index contributed by atoms with van der Waals surface area (Å²) in [7, 11) is 0. The molecule has 1 heterocycles. The summed E-state index contributed by atoms with van der Waals surface area (Å²) < 4.78 is 2.00. The molecule has 2 N–H and O–H groups in total. The Hall–Kier alpha value is -0.870. The monoisotopic (exact) mass is 265 g/mol. The van der Waals surface area contributed by atoms with Crippen molar-refractivity contribution in [1.82, 2.24) is 15.1 Å². The lowest BCUT2D eigenvalue weighted by molar-refractivity contribution is 0.0695. The molecule has 1 aromatic rings. The van der Waals surface area contributed by atoms with E-state index in [1.807, 2.05) is 10.9 Å². The minimum Gasteiger partial charge on any atom is -0.393 e. The third kappa shape index (κ3) is 4.05. The van der Waals surface area contributed by atoms with Gasteiger partial charge in [-0.2, -0.15) is 5.10 Å². The first-order valence-electron chi connectivity index (χ1n) is 7.39. The highest BCUT2D eigenvalue weighted by Gasteiger charge is 2.22. The second-order valence-electron chi connectivity index (χ2n) is 6.71. The third-order valence-electron chi connectivity index (χ3n) is 3.93. The van der Waals surface area contributed by atoms with Gasteiger partial charge < -0.3 is 10.4 Å². The molecule has 0 amide bonds. The van der Waals surface area contributed by atoms with Crippen LogP contribution in [0, 0.1) is 5.92 Å². The normalized spacial score (nSPS) is 24.6. The van der Waals surface area contributed by atoms with Gasteiger partial charge in [0, 0.05) is 24.8 Å². The van der Waals surface area contributed by atoms with Crippen LogP contribution in [0.15, 0.2) is 12.4 Å². The van der Waals surface area contributed by atoms with Gasteiger partial charge in [0.05, 0.1) is 17.8 Å². The van der Waals surface area contributed by atoms with E-state index in [1.54, 1.807) is 0 Å². The maximum Gasteiger partial charge on any atom is 0.0580 e.